The van der Waals surface area contributed by atoms with Gasteiger partial charge in [0.2, 0.25) is 0 Å². The number of aromatic nitrogens is 1. The summed E-state index contributed by atoms with van der Waals surface area (Å²) >= 11 is 4.62. The van der Waals surface area contributed by atoms with Gasteiger partial charge in [0.15, 0.2) is 10.8 Å². The number of amidine groups is 1. The molecule has 0 radical (unpaired) electrons. The Bertz CT molecular complexity index is 1240. The first kappa shape index (κ1) is 27.2. The number of esters is 1. The smallest absolute Gasteiger partial charge is 0.338 e. The molecule has 0 spiro atoms. The zero-order valence-electron chi connectivity index (χ0n) is 19.4. The van der Waals surface area contributed by atoms with E-state index in [0.29, 0.717) is 20.9 Å². The molecule has 1 aromatic carbocycles. The summed E-state index contributed by atoms with van der Waals surface area (Å²) in [6.07, 6.45) is -0.0594. The molecule has 1 unspecified atom stereocenters. The number of nitrogens with one attached hydrogen (secondary N) is 1. The largest absolute Gasteiger partial charge is 0.480 e. The van der Waals surface area contributed by atoms with E-state index in [9.17, 15) is 22.8 Å². The van der Waals surface area contributed by atoms with Gasteiger partial charge in [-0.25, -0.2) is 27.7 Å². The maximum absolute atomic E-state index is 14.6. The Hall–Kier alpha value is -2.81. The summed E-state index contributed by atoms with van der Waals surface area (Å²) in [4.78, 5) is 34.3. The van der Waals surface area contributed by atoms with Crippen LogP contribution in [-0.2, 0) is 19.1 Å². The lowest BCUT2D eigenvalue weighted by molar-refractivity contribution is -0.152. The zero-order chi connectivity index (χ0) is 26.7. The zero-order valence-corrected chi connectivity index (χ0v) is 21.8. The van der Waals surface area contributed by atoms with Crippen molar-refractivity contribution in [2.24, 2.45) is 4.99 Å². The fraction of sp³-hybridized carbons (Fsp3) is 0.391. The maximum atomic E-state index is 14.6. The minimum Gasteiger partial charge on any atom is -0.480 e. The summed E-state index contributed by atoms with van der Waals surface area (Å²) in [6, 6.07) is 3.00. The molecule has 0 aliphatic carbocycles. The molecule has 14 heteroatoms. The van der Waals surface area contributed by atoms with Crippen molar-refractivity contribution in [3.05, 3.63) is 61.9 Å². The van der Waals surface area contributed by atoms with Crippen molar-refractivity contribution in [3.8, 4) is 0 Å². The molecule has 9 nitrogen and oxygen atoms in total. The second-order valence-corrected chi connectivity index (χ2v) is 9.99. The second-order valence-electron chi connectivity index (χ2n) is 8.25. The van der Waals surface area contributed by atoms with Crippen LogP contribution >= 0.6 is 27.3 Å². The Kier molecular flexibility index (Phi) is 8.31. The van der Waals surface area contributed by atoms with Crippen LogP contribution in [-0.4, -0.2) is 77.6 Å². The van der Waals surface area contributed by atoms with Gasteiger partial charge in [-0.2, -0.15) is 0 Å². The summed E-state index contributed by atoms with van der Waals surface area (Å²) in [5.41, 5.74) is 0.800. The van der Waals surface area contributed by atoms with Crippen molar-refractivity contribution in [1.29, 1.82) is 0 Å². The number of rotatable bonds is 9. The number of thiazole rings is 1. The van der Waals surface area contributed by atoms with Crippen LogP contribution in [0.3, 0.4) is 0 Å². The van der Waals surface area contributed by atoms with Crippen LogP contribution < -0.4 is 5.32 Å². The van der Waals surface area contributed by atoms with E-state index < -0.39 is 49.0 Å². The normalized spacial score (nSPS) is 21.5. The quantitative estimate of drug-likeness (QED) is 0.420. The number of ether oxygens (including phenoxy) is 2. The van der Waals surface area contributed by atoms with Crippen molar-refractivity contribution >= 4 is 45.0 Å². The van der Waals surface area contributed by atoms with Crippen LogP contribution in [0.5, 0.6) is 0 Å². The first-order valence-corrected chi connectivity index (χ1v) is 12.8. The van der Waals surface area contributed by atoms with Crippen LogP contribution in [0.1, 0.15) is 23.5 Å². The van der Waals surface area contributed by atoms with Gasteiger partial charge in [0, 0.05) is 34.8 Å². The van der Waals surface area contributed by atoms with E-state index in [1.807, 2.05) is 0 Å². The molecule has 4 rings (SSSR count). The van der Waals surface area contributed by atoms with Gasteiger partial charge in [-0.05, 0) is 24.6 Å². The molecule has 2 atom stereocenters. The molecular formula is C23H22BrF3N4O5S. The number of benzene rings is 1. The molecule has 2 aliphatic rings. The number of aliphatic imine (C=N–C) groups is 1. The lowest BCUT2D eigenvalue weighted by atomic mass is 9.95. The number of carboxylic acid groups (broad SMARTS) is 1. The van der Waals surface area contributed by atoms with E-state index in [4.69, 9.17) is 14.6 Å². The second kappa shape index (κ2) is 11.3. The third-order valence-corrected chi connectivity index (χ3v) is 7.10. The Morgan fingerprint density at radius 2 is 2.16 bits per heavy atom. The van der Waals surface area contributed by atoms with E-state index in [1.54, 1.807) is 18.5 Å². The van der Waals surface area contributed by atoms with Gasteiger partial charge < -0.3 is 19.9 Å². The minimum atomic E-state index is -3.31. The van der Waals surface area contributed by atoms with Crippen molar-refractivity contribution in [2.75, 3.05) is 32.8 Å². The van der Waals surface area contributed by atoms with E-state index in [1.165, 1.54) is 34.4 Å². The van der Waals surface area contributed by atoms with Gasteiger partial charge in [0.25, 0.3) is 5.92 Å². The van der Waals surface area contributed by atoms with E-state index in [-0.39, 0.29) is 31.0 Å². The van der Waals surface area contributed by atoms with Crippen LogP contribution in [0.2, 0.25) is 0 Å². The highest BCUT2D eigenvalue weighted by atomic mass is 79.9. The van der Waals surface area contributed by atoms with E-state index in [0.717, 1.165) is 0 Å². The number of halogens is 4. The Morgan fingerprint density at radius 1 is 1.38 bits per heavy atom. The highest BCUT2D eigenvalue weighted by molar-refractivity contribution is 9.10. The van der Waals surface area contributed by atoms with E-state index >= 15 is 0 Å². The number of hydrogen-bond donors (Lipinski definition) is 2. The van der Waals surface area contributed by atoms with Crippen molar-refractivity contribution in [1.82, 2.24) is 15.2 Å². The number of hydrogen-bond acceptors (Lipinski definition) is 9. The Morgan fingerprint density at radius 3 is 2.81 bits per heavy atom. The standard InChI is InChI=1S/C23H22BrF3N4O5S/c1-2-35-22(34)18-15(8-31-9-16(23(26,27)11-31)36-10-17(32)33)29-20(21-28-5-6-37-21)30-19(18)13-4-3-12(25)7-14(13)24/h3-7,16,19H,2,8-11H2,1H3,(H,29,30)(H,32,33)/t16?,19-/m0/s1. The molecular weight excluding hydrogens is 581 g/mol. The van der Waals surface area contributed by atoms with Crippen LogP contribution in [0.25, 0.3) is 0 Å². The summed E-state index contributed by atoms with van der Waals surface area (Å²) in [5, 5.41) is 14.1. The molecule has 2 aromatic rings. The molecule has 37 heavy (non-hydrogen) atoms. The van der Waals surface area contributed by atoms with Crippen molar-refractivity contribution in [3.63, 3.8) is 0 Å². The third-order valence-electron chi connectivity index (χ3n) is 5.63. The van der Waals surface area contributed by atoms with Gasteiger partial charge in [-0.3, -0.25) is 9.89 Å². The monoisotopic (exact) mass is 602 g/mol. The Balaban J connectivity index is 1.74. The molecule has 0 saturated carbocycles. The van der Waals surface area contributed by atoms with Crippen molar-refractivity contribution in [2.45, 2.75) is 25.0 Å². The number of carboxylic acids is 1. The molecule has 0 amide bonds. The molecule has 3 heterocycles. The molecule has 2 aliphatic heterocycles. The first-order chi connectivity index (χ1) is 17.6. The SMILES string of the molecule is CCOC(=O)C1=C(CN2CC(OCC(=O)O)C(F)(F)C2)NC(c2nccs2)=N[C@H]1c1ccc(F)cc1Br. The number of likely N-dealkylation sites (tertiary alicyclic amines) is 1. The molecule has 198 valence electrons. The molecule has 1 fully saturated rings. The van der Waals surface area contributed by atoms with E-state index in [2.05, 4.69) is 31.2 Å². The number of aliphatic carboxylic acids is 1. The van der Waals surface area contributed by atoms with Gasteiger partial charge >= 0.3 is 11.9 Å². The number of carbonyl (C=O) groups excluding carboxylic acids is 1. The minimum absolute atomic E-state index is 0.0584. The van der Waals surface area contributed by atoms with Gasteiger partial charge in [-0.1, -0.05) is 22.0 Å². The average molecular weight is 603 g/mol. The number of alkyl halides is 2. The molecule has 2 N–H and O–H groups in total. The molecule has 1 aromatic heterocycles. The molecule has 1 saturated heterocycles. The van der Waals surface area contributed by atoms with Crippen molar-refractivity contribution < 1.29 is 37.3 Å². The number of carbonyl (C=O) groups is 2. The van der Waals surface area contributed by atoms with Crippen LogP contribution in [0.15, 0.2) is 50.5 Å². The lowest BCUT2D eigenvalue weighted by Crippen LogP contribution is -2.39. The number of nitrogens with zero attached hydrogens (tertiary/aromatic N) is 3. The summed E-state index contributed by atoms with van der Waals surface area (Å²) < 4.78 is 53.6. The summed E-state index contributed by atoms with van der Waals surface area (Å²) in [5.74, 6) is -5.56. The molecule has 0 bridgehead atoms. The summed E-state index contributed by atoms with van der Waals surface area (Å²) in [6.45, 7) is -0.291. The fourth-order valence-corrected chi connectivity index (χ4v) is 5.25. The van der Waals surface area contributed by atoms with Crippen LogP contribution in [0.4, 0.5) is 13.2 Å². The first-order valence-electron chi connectivity index (χ1n) is 11.1. The average Bonchev–Trinajstić information content (AvgIpc) is 3.45. The highest BCUT2D eigenvalue weighted by Gasteiger charge is 2.49. The summed E-state index contributed by atoms with van der Waals surface area (Å²) in [7, 11) is 0. The topological polar surface area (TPSA) is 113 Å². The predicted octanol–water partition coefficient (Wildman–Crippen LogP) is 3.37. The predicted molar refractivity (Wildman–Crippen MR) is 131 cm³/mol. The van der Waals surface area contributed by atoms with Gasteiger partial charge in [0.1, 0.15) is 24.6 Å². The highest BCUT2D eigenvalue weighted by Crippen LogP contribution is 2.38. The third kappa shape index (κ3) is 6.20. The van der Waals surface area contributed by atoms with Gasteiger partial charge in [-0.15, -0.1) is 11.3 Å². The maximum Gasteiger partial charge on any atom is 0.338 e. The van der Waals surface area contributed by atoms with Crippen LogP contribution in [0, 0.1) is 5.82 Å². The lowest BCUT2D eigenvalue weighted by Gasteiger charge is -2.29. The fourth-order valence-electron chi connectivity index (χ4n) is 4.09. The van der Waals surface area contributed by atoms with Gasteiger partial charge in [0.05, 0.1) is 18.7 Å². The Labute approximate surface area is 222 Å².